The summed E-state index contributed by atoms with van der Waals surface area (Å²) in [6, 6.07) is 9.99. The second-order valence-electron chi connectivity index (χ2n) is 3.97. The maximum absolute atomic E-state index is 5.59. The molecule has 0 saturated carbocycles. The van der Waals surface area contributed by atoms with Crippen molar-refractivity contribution in [2.24, 2.45) is 0 Å². The Morgan fingerprint density at radius 1 is 1.00 bits per heavy atom. The minimum atomic E-state index is 0.796. The van der Waals surface area contributed by atoms with Gasteiger partial charge in [-0.2, -0.15) is 0 Å². The van der Waals surface area contributed by atoms with Crippen LogP contribution < -0.4 is 10.1 Å². The number of unbranched alkanes of at least 4 members (excludes halogenated alkanes) is 2. The molecule has 1 N–H and O–H groups in total. The van der Waals surface area contributed by atoms with Gasteiger partial charge in [-0.15, -0.1) is 0 Å². The van der Waals surface area contributed by atoms with Crippen molar-refractivity contribution >= 4 is 0 Å². The van der Waals surface area contributed by atoms with Crippen LogP contribution >= 0.6 is 0 Å². The van der Waals surface area contributed by atoms with Crippen molar-refractivity contribution in [3.05, 3.63) is 30.3 Å². The van der Waals surface area contributed by atoms with Crippen molar-refractivity contribution in [2.45, 2.75) is 32.6 Å². The molecule has 0 heterocycles. The molecule has 0 unspecified atom stereocenters. The predicted octanol–water partition coefficient (Wildman–Crippen LogP) is 3.24. The van der Waals surface area contributed by atoms with Crippen LogP contribution in [0.5, 0.6) is 5.75 Å². The van der Waals surface area contributed by atoms with Crippen LogP contribution in [0.15, 0.2) is 30.3 Å². The molecule has 0 saturated heterocycles. The van der Waals surface area contributed by atoms with E-state index < -0.39 is 0 Å². The first-order chi connectivity index (χ1) is 7.93. The van der Waals surface area contributed by atoms with E-state index in [2.05, 4.69) is 12.2 Å². The highest BCUT2D eigenvalue weighted by molar-refractivity contribution is 5.20. The Hall–Kier alpha value is -1.02. The topological polar surface area (TPSA) is 21.3 Å². The molecule has 0 aromatic heterocycles. The Balaban J connectivity index is 1.89. The zero-order valence-corrected chi connectivity index (χ0v) is 10.2. The minimum Gasteiger partial charge on any atom is -0.494 e. The third kappa shape index (κ3) is 6.46. The highest BCUT2D eigenvalue weighted by Gasteiger charge is 1.92. The number of ether oxygens (including phenoxy) is 1. The monoisotopic (exact) mass is 221 g/mol. The molecule has 1 aromatic carbocycles. The molecule has 90 valence electrons. The summed E-state index contributed by atoms with van der Waals surface area (Å²) < 4.78 is 5.59. The molecule has 0 fully saturated rings. The lowest BCUT2D eigenvalue weighted by molar-refractivity contribution is 0.308. The first-order valence-corrected chi connectivity index (χ1v) is 6.32. The van der Waals surface area contributed by atoms with Gasteiger partial charge >= 0.3 is 0 Å². The molecule has 0 aliphatic rings. The smallest absolute Gasteiger partial charge is 0.119 e. The van der Waals surface area contributed by atoms with Crippen molar-refractivity contribution in [1.29, 1.82) is 0 Å². The van der Waals surface area contributed by atoms with Gasteiger partial charge < -0.3 is 10.1 Å². The van der Waals surface area contributed by atoms with Gasteiger partial charge in [-0.25, -0.2) is 0 Å². The van der Waals surface area contributed by atoms with Gasteiger partial charge in [-0.1, -0.05) is 38.0 Å². The Kier molecular flexibility index (Phi) is 7.52. The number of benzene rings is 1. The molecule has 2 heteroatoms. The predicted molar refractivity (Wildman–Crippen MR) is 68.9 cm³/mol. The summed E-state index contributed by atoms with van der Waals surface area (Å²) in [6.07, 6.45) is 4.98. The highest BCUT2D eigenvalue weighted by Crippen LogP contribution is 2.07. The first kappa shape index (κ1) is 13.0. The molecule has 1 rings (SSSR count). The Bertz CT molecular complexity index is 248. The molecule has 0 aliphatic heterocycles. The van der Waals surface area contributed by atoms with Crippen molar-refractivity contribution in [1.82, 2.24) is 5.32 Å². The zero-order valence-electron chi connectivity index (χ0n) is 10.2. The molecule has 0 spiro atoms. The van der Waals surface area contributed by atoms with Gasteiger partial charge in [0.25, 0.3) is 0 Å². The van der Waals surface area contributed by atoms with Gasteiger partial charge in [-0.05, 0) is 38.1 Å². The molecule has 0 bridgehead atoms. The van der Waals surface area contributed by atoms with Crippen LogP contribution in [0.3, 0.4) is 0 Å². The van der Waals surface area contributed by atoms with Gasteiger partial charge in [0.2, 0.25) is 0 Å². The van der Waals surface area contributed by atoms with E-state index in [1.807, 2.05) is 30.3 Å². The summed E-state index contributed by atoms with van der Waals surface area (Å²) in [7, 11) is 0. The Labute approximate surface area is 99.0 Å². The van der Waals surface area contributed by atoms with Crippen molar-refractivity contribution in [3.8, 4) is 5.75 Å². The summed E-state index contributed by atoms with van der Waals surface area (Å²) in [4.78, 5) is 0. The number of hydrogen-bond donors (Lipinski definition) is 1. The summed E-state index contributed by atoms with van der Waals surface area (Å²) in [6.45, 7) is 5.22. The fourth-order valence-electron chi connectivity index (χ4n) is 1.53. The van der Waals surface area contributed by atoms with Crippen LogP contribution in [0.2, 0.25) is 0 Å². The largest absolute Gasteiger partial charge is 0.494 e. The number of rotatable bonds is 9. The quantitative estimate of drug-likeness (QED) is 0.646. The second-order valence-corrected chi connectivity index (χ2v) is 3.97. The van der Waals surface area contributed by atoms with E-state index >= 15 is 0 Å². The molecule has 0 aliphatic carbocycles. The van der Waals surface area contributed by atoms with Crippen LogP contribution in [0.1, 0.15) is 32.6 Å². The maximum atomic E-state index is 5.59. The third-order valence-electron chi connectivity index (χ3n) is 2.47. The Morgan fingerprint density at radius 2 is 1.75 bits per heavy atom. The van der Waals surface area contributed by atoms with Gasteiger partial charge in [0.05, 0.1) is 6.61 Å². The summed E-state index contributed by atoms with van der Waals surface area (Å²) in [5.74, 6) is 0.966. The van der Waals surface area contributed by atoms with Gasteiger partial charge in [0, 0.05) is 0 Å². The summed E-state index contributed by atoms with van der Waals surface area (Å²) >= 11 is 0. The molecular weight excluding hydrogens is 198 g/mol. The lowest BCUT2D eigenvalue weighted by atomic mass is 10.2. The van der Waals surface area contributed by atoms with Crippen LogP contribution in [0.4, 0.5) is 0 Å². The van der Waals surface area contributed by atoms with E-state index in [1.165, 1.54) is 19.3 Å². The lowest BCUT2D eigenvalue weighted by Gasteiger charge is -2.06. The van der Waals surface area contributed by atoms with E-state index in [9.17, 15) is 0 Å². The fraction of sp³-hybridized carbons (Fsp3) is 0.571. The number of nitrogens with one attached hydrogen (secondary N) is 1. The summed E-state index contributed by atoms with van der Waals surface area (Å²) in [5, 5.41) is 3.43. The zero-order chi connectivity index (χ0) is 11.5. The normalized spacial score (nSPS) is 10.3. The van der Waals surface area contributed by atoms with E-state index in [1.54, 1.807) is 0 Å². The van der Waals surface area contributed by atoms with E-state index in [0.29, 0.717) is 0 Å². The molecule has 0 amide bonds. The number of hydrogen-bond acceptors (Lipinski definition) is 2. The second kappa shape index (κ2) is 9.22. The number of para-hydroxylation sites is 1. The van der Waals surface area contributed by atoms with Gasteiger partial charge in [-0.3, -0.25) is 0 Å². The molecule has 2 nitrogen and oxygen atoms in total. The van der Waals surface area contributed by atoms with Crippen LogP contribution in [-0.4, -0.2) is 19.7 Å². The standard InChI is InChI=1S/C14H23NO/c1-2-3-7-11-15-12-8-13-16-14-9-5-4-6-10-14/h4-6,9-10,15H,2-3,7-8,11-13H2,1H3. The van der Waals surface area contributed by atoms with Crippen LogP contribution in [0, 0.1) is 0 Å². The molecule has 0 atom stereocenters. The van der Waals surface area contributed by atoms with E-state index in [-0.39, 0.29) is 0 Å². The van der Waals surface area contributed by atoms with Crippen molar-refractivity contribution < 1.29 is 4.74 Å². The minimum absolute atomic E-state index is 0.796. The third-order valence-corrected chi connectivity index (χ3v) is 2.47. The summed E-state index contributed by atoms with van der Waals surface area (Å²) in [5.41, 5.74) is 0. The average Bonchev–Trinajstić information content (AvgIpc) is 2.34. The average molecular weight is 221 g/mol. The SMILES string of the molecule is CCCCCNCCCOc1ccccc1. The van der Waals surface area contributed by atoms with Crippen molar-refractivity contribution in [3.63, 3.8) is 0 Å². The van der Waals surface area contributed by atoms with Gasteiger partial charge in [0.1, 0.15) is 5.75 Å². The highest BCUT2D eigenvalue weighted by atomic mass is 16.5. The van der Waals surface area contributed by atoms with E-state index in [4.69, 9.17) is 4.74 Å². The molecular formula is C14H23NO. The fourth-order valence-corrected chi connectivity index (χ4v) is 1.53. The first-order valence-electron chi connectivity index (χ1n) is 6.32. The van der Waals surface area contributed by atoms with Crippen LogP contribution in [-0.2, 0) is 0 Å². The molecule has 16 heavy (non-hydrogen) atoms. The van der Waals surface area contributed by atoms with Crippen LogP contribution in [0.25, 0.3) is 0 Å². The maximum Gasteiger partial charge on any atom is 0.119 e. The molecule has 0 radical (unpaired) electrons. The van der Waals surface area contributed by atoms with Gasteiger partial charge in [0.15, 0.2) is 0 Å². The lowest BCUT2D eigenvalue weighted by Crippen LogP contribution is -2.18. The molecule has 1 aromatic rings. The Morgan fingerprint density at radius 3 is 2.50 bits per heavy atom. The van der Waals surface area contributed by atoms with Crippen molar-refractivity contribution in [2.75, 3.05) is 19.7 Å². The van der Waals surface area contributed by atoms with E-state index in [0.717, 1.165) is 31.9 Å².